The van der Waals surface area contributed by atoms with Gasteiger partial charge < -0.3 is 9.84 Å². The van der Waals surface area contributed by atoms with E-state index in [9.17, 15) is 5.11 Å². The molecule has 0 aliphatic carbocycles. The van der Waals surface area contributed by atoms with E-state index < -0.39 is 0 Å². The average Bonchev–Trinajstić information content (AvgIpc) is 2.78. The standard InChI is InChI=1S/C14H21NO2/c1-11(16)12-7-8-15(9-12)10-13-5-3-4-6-14(13)17-2/h3-6,11-12,16H,7-10H2,1-2H3. The Morgan fingerprint density at radius 1 is 1.47 bits per heavy atom. The molecule has 0 aromatic heterocycles. The number of benzene rings is 1. The molecule has 3 nitrogen and oxygen atoms in total. The van der Waals surface area contributed by atoms with Gasteiger partial charge in [0, 0.05) is 18.7 Å². The van der Waals surface area contributed by atoms with E-state index in [1.54, 1.807) is 7.11 Å². The number of hydrogen-bond donors (Lipinski definition) is 1. The Morgan fingerprint density at radius 3 is 2.88 bits per heavy atom. The van der Waals surface area contributed by atoms with Gasteiger partial charge in [-0.3, -0.25) is 4.90 Å². The highest BCUT2D eigenvalue weighted by Gasteiger charge is 2.26. The van der Waals surface area contributed by atoms with Crippen LogP contribution in [0.5, 0.6) is 5.75 Å². The van der Waals surface area contributed by atoms with E-state index >= 15 is 0 Å². The maximum Gasteiger partial charge on any atom is 0.123 e. The smallest absolute Gasteiger partial charge is 0.123 e. The van der Waals surface area contributed by atoms with E-state index in [4.69, 9.17) is 4.74 Å². The summed E-state index contributed by atoms with van der Waals surface area (Å²) in [5, 5.41) is 9.59. The molecule has 0 amide bonds. The molecule has 2 unspecified atom stereocenters. The fourth-order valence-corrected chi connectivity index (χ4v) is 2.47. The molecule has 1 aromatic rings. The number of nitrogens with zero attached hydrogens (tertiary/aromatic N) is 1. The van der Waals surface area contributed by atoms with Gasteiger partial charge in [0.05, 0.1) is 13.2 Å². The lowest BCUT2D eigenvalue weighted by atomic mass is 10.0. The lowest BCUT2D eigenvalue weighted by molar-refractivity contribution is 0.127. The van der Waals surface area contributed by atoms with Gasteiger partial charge in [0.2, 0.25) is 0 Å². The number of para-hydroxylation sites is 1. The summed E-state index contributed by atoms with van der Waals surface area (Å²) in [5.74, 6) is 1.37. The number of rotatable bonds is 4. The molecule has 2 atom stereocenters. The van der Waals surface area contributed by atoms with E-state index in [0.717, 1.165) is 31.8 Å². The zero-order chi connectivity index (χ0) is 12.3. The first kappa shape index (κ1) is 12.4. The molecule has 0 radical (unpaired) electrons. The zero-order valence-corrected chi connectivity index (χ0v) is 10.6. The van der Waals surface area contributed by atoms with Crippen LogP contribution in [0.25, 0.3) is 0 Å². The normalized spacial score (nSPS) is 22.6. The quantitative estimate of drug-likeness (QED) is 0.865. The number of likely N-dealkylation sites (tertiary alicyclic amines) is 1. The summed E-state index contributed by atoms with van der Waals surface area (Å²) >= 11 is 0. The van der Waals surface area contributed by atoms with Crippen LogP contribution in [-0.2, 0) is 6.54 Å². The minimum absolute atomic E-state index is 0.197. The van der Waals surface area contributed by atoms with Gasteiger partial charge in [0.1, 0.15) is 5.75 Å². The van der Waals surface area contributed by atoms with E-state index in [1.165, 1.54) is 5.56 Å². The first-order valence-corrected chi connectivity index (χ1v) is 6.23. The third-order valence-corrected chi connectivity index (χ3v) is 3.58. The fourth-order valence-electron chi connectivity index (χ4n) is 2.47. The molecule has 1 aliphatic heterocycles. The zero-order valence-electron chi connectivity index (χ0n) is 10.6. The molecular weight excluding hydrogens is 214 g/mol. The number of methoxy groups -OCH3 is 1. The second kappa shape index (κ2) is 5.52. The molecule has 0 saturated carbocycles. The summed E-state index contributed by atoms with van der Waals surface area (Å²) in [6, 6.07) is 8.14. The Bertz CT molecular complexity index is 365. The SMILES string of the molecule is COc1ccccc1CN1CCC(C(C)O)C1. The Morgan fingerprint density at radius 2 is 2.24 bits per heavy atom. The van der Waals surface area contributed by atoms with Crippen LogP contribution in [0.4, 0.5) is 0 Å². The summed E-state index contributed by atoms with van der Waals surface area (Å²) in [5.41, 5.74) is 1.22. The predicted molar refractivity (Wildman–Crippen MR) is 68.1 cm³/mol. The minimum Gasteiger partial charge on any atom is -0.496 e. The molecule has 0 spiro atoms. The van der Waals surface area contributed by atoms with Gasteiger partial charge in [-0.25, -0.2) is 0 Å². The highest BCUT2D eigenvalue weighted by molar-refractivity contribution is 5.33. The summed E-state index contributed by atoms with van der Waals surface area (Å²) in [4.78, 5) is 2.38. The van der Waals surface area contributed by atoms with Gasteiger partial charge in [-0.15, -0.1) is 0 Å². The Kier molecular flexibility index (Phi) is 4.02. The molecule has 1 aliphatic rings. The Balaban J connectivity index is 1.98. The Labute approximate surface area is 103 Å². The minimum atomic E-state index is -0.197. The molecule has 94 valence electrons. The number of hydrogen-bond acceptors (Lipinski definition) is 3. The average molecular weight is 235 g/mol. The largest absolute Gasteiger partial charge is 0.496 e. The fraction of sp³-hybridized carbons (Fsp3) is 0.571. The van der Waals surface area contributed by atoms with Gasteiger partial charge in [-0.1, -0.05) is 18.2 Å². The highest BCUT2D eigenvalue weighted by atomic mass is 16.5. The first-order valence-electron chi connectivity index (χ1n) is 6.23. The monoisotopic (exact) mass is 235 g/mol. The lowest BCUT2D eigenvalue weighted by Crippen LogP contribution is -2.24. The van der Waals surface area contributed by atoms with Crippen molar-refractivity contribution in [3.8, 4) is 5.75 Å². The van der Waals surface area contributed by atoms with Crippen molar-refractivity contribution in [1.29, 1.82) is 0 Å². The van der Waals surface area contributed by atoms with E-state index in [2.05, 4.69) is 11.0 Å². The van der Waals surface area contributed by atoms with Crippen molar-refractivity contribution < 1.29 is 9.84 Å². The third kappa shape index (κ3) is 2.99. The van der Waals surface area contributed by atoms with Crippen LogP contribution in [0.15, 0.2) is 24.3 Å². The Hall–Kier alpha value is -1.06. The van der Waals surface area contributed by atoms with Crippen molar-refractivity contribution in [2.45, 2.75) is 26.0 Å². The number of ether oxygens (including phenoxy) is 1. The highest BCUT2D eigenvalue weighted by Crippen LogP contribution is 2.24. The number of aliphatic hydroxyl groups excluding tert-OH is 1. The molecular formula is C14H21NO2. The van der Waals surface area contributed by atoms with Crippen LogP contribution < -0.4 is 4.74 Å². The molecule has 1 saturated heterocycles. The van der Waals surface area contributed by atoms with Crippen molar-refractivity contribution >= 4 is 0 Å². The molecule has 1 aromatic carbocycles. The van der Waals surface area contributed by atoms with Crippen molar-refractivity contribution in [2.24, 2.45) is 5.92 Å². The van der Waals surface area contributed by atoms with Crippen LogP contribution in [-0.4, -0.2) is 36.3 Å². The second-order valence-electron chi connectivity index (χ2n) is 4.84. The molecule has 1 fully saturated rings. The predicted octanol–water partition coefficient (Wildman–Crippen LogP) is 1.90. The maximum atomic E-state index is 9.59. The van der Waals surface area contributed by atoms with Crippen molar-refractivity contribution in [3.63, 3.8) is 0 Å². The van der Waals surface area contributed by atoms with Gasteiger partial charge in [0.25, 0.3) is 0 Å². The van der Waals surface area contributed by atoms with Crippen LogP contribution in [0.3, 0.4) is 0 Å². The maximum absolute atomic E-state index is 9.59. The molecule has 1 heterocycles. The third-order valence-electron chi connectivity index (χ3n) is 3.58. The first-order chi connectivity index (χ1) is 8.20. The molecule has 2 rings (SSSR count). The van der Waals surface area contributed by atoms with Crippen LogP contribution in [0, 0.1) is 5.92 Å². The van der Waals surface area contributed by atoms with Gasteiger partial charge in [0.15, 0.2) is 0 Å². The van der Waals surface area contributed by atoms with E-state index in [1.807, 2.05) is 25.1 Å². The van der Waals surface area contributed by atoms with Crippen LogP contribution >= 0.6 is 0 Å². The number of aliphatic hydroxyl groups is 1. The van der Waals surface area contributed by atoms with Gasteiger partial charge in [-0.05, 0) is 31.9 Å². The summed E-state index contributed by atoms with van der Waals surface area (Å²) in [6.07, 6.45) is 0.893. The molecule has 17 heavy (non-hydrogen) atoms. The van der Waals surface area contributed by atoms with Crippen molar-refractivity contribution in [2.75, 3.05) is 20.2 Å². The summed E-state index contributed by atoms with van der Waals surface area (Å²) in [6.45, 7) is 4.84. The van der Waals surface area contributed by atoms with Crippen LogP contribution in [0.1, 0.15) is 18.9 Å². The summed E-state index contributed by atoms with van der Waals surface area (Å²) in [7, 11) is 1.71. The molecule has 3 heteroatoms. The summed E-state index contributed by atoms with van der Waals surface area (Å²) < 4.78 is 5.35. The second-order valence-corrected chi connectivity index (χ2v) is 4.84. The van der Waals surface area contributed by atoms with Gasteiger partial charge in [-0.2, -0.15) is 0 Å². The molecule has 1 N–H and O–H groups in total. The van der Waals surface area contributed by atoms with Gasteiger partial charge >= 0.3 is 0 Å². The van der Waals surface area contributed by atoms with E-state index in [-0.39, 0.29) is 6.10 Å². The van der Waals surface area contributed by atoms with Crippen LogP contribution in [0.2, 0.25) is 0 Å². The van der Waals surface area contributed by atoms with Crippen molar-refractivity contribution in [1.82, 2.24) is 4.90 Å². The molecule has 0 bridgehead atoms. The van der Waals surface area contributed by atoms with Crippen molar-refractivity contribution in [3.05, 3.63) is 29.8 Å². The van der Waals surface area contributed by atoms with E-state index in [0.29, 0.717) is 5.92 Å². The lowest BCUT2D eigenvalue weighted by Gasteiger charge is -2.18. The topological polar surface area (TPSA) is 32.7 Å².